The fraction of sp³-hybridized carbons (Fsp3) is 0.333. The Labute approximate surface area is 146 Å². The minimum Gasteiger partial charge on any atom is -0.376 e. The lowest BCUT2D eigenvalue weighted by atomic mass is 10.1. The first kappa shape index (κ1) is 16.7. The van der Waals surface area contributed by atoms with Gasteiger partial charge in [0.05, 0.1) is 25.1 Å². The molecule has 6 heteroatoms. The first-order valence-corrected chi connectivity index (χ1v) is 8.37. The molecule has 2 amide bonds. The van der Waals surface area contributed by atoms with Crippen molar-refractivity contribution < 1.29 is 9.53 Å². The number of ether oxygens (including phenoxy) is 1. The predicted molar refractivity (Wildman–Crippen MR) is 94.0 cm³/mol. The second-order valence-electron chi connectivity index (χ2n) is 5.90. The molecule has 1 aliphatic rings. The summed E-state index contributed by atoms with van der Waals surface area (Å²) in [4.78, 5) is 18.0. The van der Waals surface area contributed by atoms with Crippen molar-refractivity contribution in [3.63, 3.8) is 0 Å². The van der Waals surface area contributed by atoms with Crippen molar-refractivity contribution >= 4 is 23.3 Å². The average molecular weight is 346 g/mol. The van der Waals surface area contributed by atoms with Gasteiger partial charge in [0.1, 0.15) is 5.15 Å². The van der Waals surface area contributed by atoms with Crippen molar-refractivity contribution in [3.8, 4) is 0 Å². The summed E-state index contributed by atoms with van der Waals surface area (Å²) >= 11 is 5.74. The van der Waals surface area contributed by atoms with E-state index in [1.54, 1.807) is 18.3 Å². The Bertz CT molecular complexity index is 664. The number of carbonyl (C=O) groups is 1. The van der Waals surface area contributed by atoms with Crippen molar-refractivity contribution in [1.82, 2.24) is 9.88 Å². The number of likely N-dealkylation sites (tertiary alicyclic amines) is 1. The normalized spacial score (nSPS) is 17.0. The van der Waals surface area contributed by atoms with Crippen LogP contribution in [0.2, 0.25) is 5.15 Å². The molecule has 0 bridgehead atoms. The van der Waals surface area contributed by atoms with E-state index in [-0.39, 0.29) is 6.03 Å². The van der Waals surface area contributed by atoms with Crippen LogP contribution in [0.3, 0.4) is 0 Å². The topological polar surface area (TPSA) is 54.5 Å². The van der Waals surface area contributed by atoms with Gasteiger partial charge in [-0.15, -0.1) is 0 Å². The molecule has 1 aliphatic heterocycles. The van der Waals surface area contributed by atoms with Crippen molar-refractivity contribution in [1.29, 1.82) is 0 Å². The SMILES string of the molecule is O=C(Nc1ccc(Cl)nc1)N1CC[C@H](COCc2ccccc2)C1. The number of anilines is 1. The number of amides is 2. The molecule has 3 rings (SSSR count). The van der Waals surface area contributed by atoms with Crippen LogP contribution in [0.5, 0.6) is 0 Å². The maximum Gasteiger partial charge on any atom is 0.321 e. The van der Waals surface area contributed by atoms with Crippen molar-refractivity contribution in [2.45, 2.75) is 13.0 Å². The molecule has 0 unspecified atom stereocenters. The summed E-state index contributed by atoms with van der Waals surface area (Å²) in [5.74, 6) is 0.378. The zero-order chi connectivity index (χ0) is 16.8. The highest BCUT2D eigenvalue weighted by molar-refractivity contribution is 6.29. The van der Waals surface area contributed by atoms with Crippen LogP contribution in [0.25, 0.3) is 0 Å². The molecule has 2 aromatic rings. The first-order valence-electron chi connectivity index (χ1n) is 8.00. The number of halogens is 1. The molecule has 1 aromatic heterocycles. The molecule has 0 spiro atoms. The lowest BCUT2D eigenvalue weighted by Gasteiger charge is -2.17. The van der Waals surface area contributed by atoms with Gasteiger partial charge >= 0.3 is 6.03 Å². The number of pyridine rings is 1. The van der Waals surface area contributed by atoms with E-state index in [1.165, 1.54) is 5.56 Å². The third kappa shape index (κ3) is 4.69. The van der Waals surface area contributed by atoms with E-state index in [0.717, 1.165) is 13.0 Å². The highest BCUT2D eigenvalue weighted by atomic mass is 35.5. The van der Waals surface area contributed by atoms with Gasteiger partial charge in [-0.1, -0.05) is 41.9 Å². The second-order valence-corrected chi connectivity index (χ2v) is 6.29. The molecular formula is C18H20ClN3O2. The van der Waals surface area contributed by atoms with Gasteiger partial charge in [-0.05, 0) is 24.1 Å². The van der Waals surface area contributed by atoms with Gasteiger partial charge in [-0.25, -0.2) is 9.78 Å². The molecule has 0 radical (unpaired) electrons. The largest absolute Gasteiger partial charge is 0.376 e. The van der Waals surface area contributed by atoms with E-state index in [9.17, 15) is 4.79 Å². The van der Waals surface area contributed by atoms with Crippen LogP contribution in [-0.4, -0.2) is 35.6 Å². The molecule has 24 heavy (non-hydrogen) atoms. The van der Waals surface area contributed by atoms with E-state index < -0.39 is 0 Å². The number of hydrogen-bond acceptors (Lipinski definition) is 3. The van der Waals surface area contributed by atoms with Crippen LogP contribution >= 0.6 is 11.6 Å². The number of urea groups is 1. The third-order valence-corrected chi connectivity index (χ3v) is 4.24. The monoisotopic (exact) mass is 345 g/mol. The van der Waals surface area contributed by atoms with Crippen LogP contribution < -0.4 is 5.32 Å². The first-order chi connectivity index (χ1) is 11.7. The number of rotatable bonds is 5. The Balaban J connectivity index is 1.41. The Morgan fingerprint density at radius 1 is 1.29 bits per heavy atom. The smallest absolute Gasteiger partial charge is 0.321 e. The quantitative estimate of drug-likeness (QED) is 0.838. The van der Waals surface area contributed by atoms with Crippen LogP contribution in [0, 0.1) is 5.92 Å². The minimum absolute atomic E-state index is 0.107. The maximum absolute atomic E-state index is 12.3. The number of nitrogens with one attached hydrogen (secondary N) is 1. The Hall–Kier alpha value is -2.11. The summed E-state index contributed by atoms with van der Waals surface area (Å²) < 4.78 is 5.78. The average Bonchev–Trinajstić information content (AvgIpc) is 3.07. The number of carbonyl (C=O) groups excluding carboxylic acids is 1. The highest BCUT2D eigenvalue weighted by Crippen LogP contribution is 2.19. The predicted octanol–water partition coefficient (Wildman–Crippen LogP) is 3.81. The van der Waals surface area contributed by atoms with E-state index in [2.05, 4.69) is 22.4 Å². The van der Waals surface area contributed by atoms with Gasteiger partial charge in [0, 0.05) is 19.0 Å². The van der Waals surface area contributed by atoms with Gasteiger partial charge in [-0.2, -0.15) is 0 Å². The van der Waals surface area contributed by atoms with E-state index in [4.69, 9.17) is 16.3 Å². The molecule has 126 valence electrons. The van der Waals surface area contributed by atoms with Crippen LogP contribution in [0.1, 0.15) is 12.0 Å². The molecule has 0 aliphatic carbocycles. The fourth-order valence-electron chi connectivity index (χ4n) is 2.72. The summed E-state index contributed by atoms with van der Waals surface area (Å²) in [5.41, 5.74) is 1.81. The Kier molecular flexibility index (Phi) is 5.67. The second kappa shape index (κ2) is 8.13. The van der Waals surface area contributed by atoms with Crippen molar-refractivity contribution in [2.75, 3.05) is 25.0 Å². The molecule has 1 aromatic carbocycles. The maximum atomic E-state index is 12.3. The zero-order valence-electron chi connectivity index (χ0n) is 13.3. The number of aromatic nitrogens is 1. The standard InChI is InChI=1S/C18H20ClN3O2/c19-17-7-6-16(10-20-17)21-18(23)22-9-8-15(11-22)13-24-12-14-4-2-1-3-5-14/h1-7,10,15H,8-9,11-13H2,(H,21,23)/t15-/m0/s1. The number of hydrogen-bond donors (Lipinski definition) is 1. The number of nitrogens with zero attached hydrogens (tertiary/aromatic N) is 2. The summed E-state index contributed by atoms with van der Waals surface area (Å²) in [7, 11) is 0. The molecule has 2 heterocycles. The van der Waals surface area contributed by atoms with Crippen molar-refractivity contribution in [2.24, 2.45) is 5.92 Å². The van der Waals surface area contributed by atoms with Crippen LogP contribution in [0.15, 0.2) is 48.7 Å². The lowest BCUT2D eigenvalue weighted by Crippen LogP contribution is -2.33. The molecular weight excluding hydrogens is 326 g/mol. The molecule has 1 fully saturated rings. The molecule has 0 saturated carbocycles. The molecule has 1 saturated heterocycles. The molecule has 1 N–H and O–H groups in total. The Morgan fingerprint density at radius 3 is 2.88 bits per heavy atom. The summed E-state index contributed by atoms with van der Waals surface area (Å²) in [6.07, 6.45) is 2.51. The summed E-state index contributed by atoms with van der Waals surface area (Å²) in [5, 5.41) is 3.25. The van der Waals surface area contributed by atoms with Gasteiger partial charge in [0.25, 0.3) is 0 Å². The van der Waals surface area contributed by atoms with Gasteiger partial charge in [0.15, 0.2) is 0 Å². The van der Waals surface area contributed by atoms with Gasteiger partial charge in [0.2, 0.25) is 0 Å². The van der Waals surface area contributed by atoms with Gasteiger partial charge < -0.3 is 15.0 Å². The highest BCUT2D eigenvalue weighted by Gasteiger charge is 2.26. The van der Waals surface area contributed by atoms with Crippen LogP contribution in [-0.2, 0) is 11.3 Å². The molecule has 1 atom stereocenters. The fourth-order valence-corrected chi connectivity index (χ4v) is 2.83. The van der Waals surface area contributed by atoms with Crippen LogP contribution in [0.4, 0.5) is 10.5 Å². The third-order valence-electron chi connectivity index (χ3n) is 4.02. The summed E-state index contributed by atoms with van der Waals surface area (Å²) in [6, 6.07) is 13.4. The minimum atomic E-state index is -0.107. The van der Waals surface area contributed by atoms with Crippen molar-refractivity contribution in [3.05, 3.63) is 59.4 Å². The molecule has 5 nitrogen and oxygen atoms in total. The van der Waals surface area contributed by atoms with E-state index in [1.807, 2.05) is 23.1 Å². The Morgan fingerprint density at radius 2 is 2.12 bits per heavy atom. The van der Waals surface area contributed by atoms with E-state index >= 15 is 0 Å². The number of benzene rings is 1. The van der Waals surface area contributed by atoms with Gasteiger partial charge in [-0.3, -0.25) is 0 Å². The zero-order valence-corrected chi connectivity index (χ0v) is 14.1. The van der Waals surface area contributed by atoms with E-state index in [0.29, 0.717) is 36.5 Å². The lowest BCUT2D eigenvalue weighted by molar-refractivity contribution is 0.0900. The summed E-state index contributed by atoms with van der Waals surface area (Å²) in [6.45, 7) is 2.73.